The highest BCUT2D eigenvalue weighted by molar-refractivity contribution is 5.80. The number of halogens is 2. The Morgan fingerprint density at radius 1 is 0.852 bits per heavy atom. The molecule has 1 aromatic heterocycles. The van der Waals surface area contributed by atoms with Crippen molar-refractivity contribution < 1.29 is 8.78 Å². The van der Waals surface area contributed by atoms with Crippen LogP contribution in [0.15, 0.2) is 77.6 Å². The summed E-state index contributed by atoms with van der Waals surface area (Å²) in [6.07, 6.45) is 3.03. The van der Waals surface area contributed by atoms with Crippen LogP contribution in [0.1, 0.15) is 11.4 Å². The molecule has 3 nitrogen and oxygen atoms in total. The average molecular weight is 360 g/mol. The van der Waals surface area contributed by atoms with Gasteiger partial charge in [0, 0.05) is 11.6 Å². The molecule has 0 fully saturated rings. The SMILES string of the molecule is O=c1c2ccccc2nc(C=Cc2ccc(F)cc2F)n1-c1ccccc1. The van der Waals surface area contributed by atoms with Crippen molar-refractivity contribution in [2.24, 2.45) is 0 Å². The molecule has 4 aromatic rings. The molecule has 0 saturated heterocycles. The molecule has 4 rings (SSSR count). The fourth-order valence-electron chi connectivity index (χ4n) is 2.89. The first-order chi connectivity index (χ1) is 13.1. The Labute approximate surface area is 153 Å². The van der Waals surface area contributed by atoms with Crippen LogP contribution in [-0.2, 0) is 0 Å². The fraction of sp³-hybridized carbons (Fsp3) is 0. The Hall–Kier alpha value is -3.60. The molecule has 0 atom stereocenters. The Morgan fingerprint density at radius 3 is 2.37 bits per heavy atom. The maximum absolute atomic E-state index is 13.9. The van der Waals surface area contributed by atoms with Gasteiger partial charge in [-0.3, -0.25) is 9.36 Å². The van der Waals surface area contributed by atoms with Crippen molar-refractivity contribution in [1.29, 1.82) is 0 Å². The number of fused-ring (bicyclic) bond motifs is 1. The lowest BCUT2D eigenvalue weighted by Crippen LogP contribution is -2.22. The quantitative estimate of drug-likeness (QED) is 0.524. The molecule has 1 heterocycles. The summed E-state index contributed by atoms with van der Waals surface area (Å²) in [4.78, 5) is 17.6. The molecule has 5 heteroatoms. The average Bonchev–Trinajstić information content (AvgIpc) is 2.68. The molecule has 0 radical (unpaired) electrons. The highest BCUT2D eigenvalue weighted by Gasteiger charge is 2.11. The number of rotatable bonds is 3. The predicted octanol–water partition coefficient (Wildman–Crippen LogP) is 4.83. The van der Waals surface area contributed by atoms with Crippen LogP contribution >= 0.6 is 0 Å². The molecule has 0 aliphatic carbocycles. The van der Waals surface area contributed by atoms with Crippen LogP contribution in [0.3, 0.4) is 0 Å². The maximum Gasteiger partial charge on any atom is 0.266 e. The van der Waals surface area contributed by atoms with Gasteiger partial charge in [0.15, 0.2) is 0 Å². The standard InChI is InChI=1S/C22H14F2N2O/c23-16-12-10-15(19(24)14-16)11-13-21-25-20-9-5-4-8-18(20)22(27)26(21)17-6-2-1-3-7-17/h1-14H. The van der Waals surface area contributed by atoms with Gasteiger partial charge < -0.3 is 0 Å². The molecule has 0 unspecified atom stereocenters. The van der Waals surface area contributed by atoms with Gasteiger partial charge in [0.2, 0.25) is 0 Å². The molecule has 27 heavy (non-hydrogen) atoms. The first-order valence-electron chi connectivity index (χ1n) is 8.34. The minimum atomic E-state index is -0.680. The molecule has 0 spiro atoms. The van der Waals surface area contributed by atoms with Gasteiger partial charge in [-0.1, -0.05) is 30.3 Å². The third-order valence-corrected chi connectivity index (χ3v) is 4.19. The van der Waals surface area contributed by atoms with Gasteiger partial charge in [-0.05, 0) is 48.6 Å². The summed E-state index contributed by atoms with van der Waals surface area (Å²) >= 11 is 0. The van der Waals surface area contributed by atoms with Crippen molar-refractivity contribution in [3.63, 3.8) is 0 Å². The summed E-state index contributed by atoms with van der Waals surface area (Å²) in [5.74, 6) is -0.969. The zero-order valence-electron chi connectivity index (χ0n) is 14.1. The summed E-state index contributed by atoms with van der Waals surface area (Å²) in [7, 11) is 0. The zero-order chi connectivity index (χ0) is 18.8. The van der Waals surface area contributed by atoms with Crippen molar-refractivity contribution in [3.8, 4) is 5.69 Å². The van der Waals surface area contributed by atoms with Gasteiger partial charge in [-0.15, -0.1) is 0 Å². The highest BCUT2D eigenvalue weighted by Crippen LogP contribution is 2.17. The highest BCUT2D eigenvalue weighted by atomic mass is 19.1. The number of hydrogen-bond donors (Lipinski definition) is 0. The summed E-state index contributed by atoms with van der Waals surface area (Å²) < 4.78 is 28.5. The summed E-state index contributed by atoms with van der Waals surface area (Å²) in [5, 5.41) is 0.492. The van der Waals surface area contributed by atoms with Gasteiger partial charge in [0.25, 0.3) is 5.56 Å². The molecule has 0 aliphatic rings. The molecule has 132 valence electrons. The first kappa shape index (κ1) is 16.8. The van der Waals surface area contributed by atoms with Gasteiger partial charge in [0.1, 0.15) is 17.5 Å². The van der Waals surface area contributed by atoms with Gasteiger partial charge in [0.05, 0.1) is 16.6 Å². The van der Waals surface area contributed by atoms with Crippen LogP contribution < -0.4 is 5.56 Å². The lowest BCUT2D eigenvalue weighted by Gasteiger charge is -2.11. The van der Waals surface area contributed by atoms with E-state index in [0.29, 0.717) is 22.4 Å². The van der Waals surface area contributed by atoms with Crippen molar-refractivity contribution in [1.82, 2.24) is 9.55 Å². The van der Waals surface area contributed by atoms with Crippen molar-refractivity contribution in [2.75, 3.05) is 0 Å². The Morgan fingerprint density at radius 2 is 1.59 bits per heavy atom. The largest absolute Gasteiger partial charge is 0.268 e. The van der Waals surface area contributed by atoms with Crippen LogP contribution in [-0.4, -0.2) is 9.55 Å². The maximum atomic E-state index is 13.9. The van der Waals surface area contributed by atoms with E-state index in [1.165, 1.54) is 22.8 Å². The van der Waals surface area contributed by atoms with E-state index in [1.807, 2.05) is 18.2 Å². The van der Waals surface area contributed by atoms with E-state index >= 15 is 0 Å². The second kappa shape index (κ2) is 6.96. The number of aromatic nitrogens is 2. The second-order valence-corrected chi connectivity index (χ2v) is 5.96. The van der Waals surface area contributed by atoms with E-state index in [4.69, 9.17) is 0 Å². The van der Waals surface area contributed by atoms with E-state index in [0.717, 1.165) is 6.07 Å². The fourth-order valence-corrected chi connectivity index (χ4v) is 2.89. The Balaban J connectivity index is 1.93. The number of benzene rings is 3. The predicted molar refractivity (Wildman–Crippen MR) is 103 cm³/mol. The second-order valence-electron chi connectivity index (χ2n) is 5.96. The Bertz CT molecular complexity index is 1210. The molecule has 0 N–H and O–H groups in total. The van der Waals surface area contributed by atoms with Gasteiger partial charge in [-0.25, -0.2) is 13.8 Å². The summed E-state index contributed by atoms with van der Waals surface area (Å²) in [5.41, 5.74) is 1.19. The molecular formula is C22H14F2N2O. The van der Waals surface area contributed by atoms with Gasteiger partial charge >= 0.3 is 0 Å². The first-order valence-corrected chi connectivity index (χ1v) is 8.34. The minimum Gasteiger partial charge on any atom is -0.268 e. The third-order valence-electron chi connectivity index (χ3n) is 4.19. The lowest BCUT2D eigenvalue weighted by atomic mass is 10.2. The topological polar surface area (TPSA) is 34.9 Å². The molecule has 0 amide bonds. The van der Waals surface area contributed by atoms with E-state index in [-0.39, 0.29) is 11.1 Å². The third kappa shape index (κ3) is 3.27. The smallest absolute Gasteiger partial charge is 0.266 e. The van der Waals surface area contributed by atoms with Gasteiger partial charge in [-0.2, -0.15) is 0 Å². The molecular weight excluding hydrogens is 346 g/mol. The van der Waals surface area contributed by atoms with Crippen molar-refractivity contribution in [3.05, 3.63) is 106 Å². The Kier molecular flexibility index (Phi) is 4.34. The normalized spacial score (nSPS) is 11.3. The molecule has 0 saturated carbocycles. The van der Waals surface area contributed by atoms with Crippen LogP contribution in [0.2, 0.25) is 0 Å². The number of hydrogen-bond acceptors (Lipinski definition) is 2. The molecule has 0 aliphatic heterocycles. The lowest BCUT2D eigenvalue weighted by molar-refractivity contribution is 0.581. The zero-order valence-corrected chi connectivity index (χ0v) is 14.1. The van der Waals surface area contributed by atoms with E-state index < -0.39 is 11.6 Å². The molecule has 0 bridgehead atoms. The summed E-state index contributed by atoms with van der Waals surface area (Å²) in [6.45, 7) is 0. The summed E-state index contributed by atoms with van der Waals surface area (Å²) in [6, 6.07) is 19.5. The monoisotopic (exact) mass is 360 g/mol. The van der Waals surface area contributed by atoms with E-state index in [2.05, 4.69) is 4.98 Å². The van der Waals surface area contributed by atoms with E-state index in [9.17, 15) is 13.6 Å². The van der Waals surface area contributed by atoms with Crippen molar-refractivity contribution >= 4 is 23.1 Å². The van der Waals surface area contributed by atoms with Crippen LogP contribution in [0.25, 0.3) is 28.7 Å². The van der Waals surface area contributed by atoms with Crippen LogP contribution in [0, 0.1) is 11.6 Å². The minimum absolute atomic E-state index is 0.207. The number of nitrogens with zero attached hydrogens (tertiary/aromatic N) is 2. The van der Waals surface area contributed by atoms with Crippen LogP contribution in [0.4, 0.5) is 8.78 Å². The van der Waals surface area contributed by atoms with Crippen molar-refractivity contribution in [2.45, 2.75) is 0 Å². The molecule has 3 aromatic carbocycles. The number of para-hydroxylation sites is 2. The van der Waals surface area contributed by atoms with E-state index in [1.54, 1.807) is 42.5 Å². The van der Waals surface area contributed by atoms with Crippen LogP contribution in [0.5, 0.6) is 0 Å².